The van der Waals surface area contributed by atoms with E-state index >= 15 is 0 Å². The molecule has 1 heterocycles. The van der Waals surface area contributed by atoms with Gasteiger partial charge in [-0.05, 0) is 12.1 Å². The van der Waals surface area contributed by atoms with Gasteiger partial charge in [-0.2, -0.15) is 0 Å². The molecule has 4 nitrogen and oxygen atoms in total. The van der Waals surface area contributed by atoms with E-state index < -0.39 is 0 Å². The summed E-state index contributed by atoms with van der Waals surface area (Å²) in [6.45, 7) is 0. The fourth-order valence-corrected chi connectivity index (χ4v) is 2.03. The minimum atomic E-state index is -0.00524. The maximum atomic E-state index is 11.7. The summed E-state index contributed by atoms with van der Waals surface area (Å²) in [6.07, 6.45) is 0. The first-order valence-corrected chi connectivity index (χ1v) is 5.99. The summed E-state index contributed by atoms with van der Waals surface area (Å²) in [5.41, 5.74) is 8.06. The highest BCUT2D eigenvalue weighted by Gasteiger charge is 2.08. The Morgan fingerprint density at radius 2 is 1.94 bits per heavy atom. The first kappa shape index (κ1) is 11.6. The molecule has 0 aliphatic heterocycles. The molecule has 1 aromatic carbocycles. The molecule has 0 bridgehead atoms. The molecule has 1 aromatic heterocycles. The van der Waals surface area contributed by atoms with Crippen molar-refractivity contribution in [1.29, 1.82) is 0 Å². The van der Waals surface area contributed by atoms with E-state index in [-0.39, 0.29) is 5.91 Å². The van der Waals surface area contributed by atoms with E-state index in [2.05, 4.69) is 4.98 Å². The number of aromatic nitrogens is 1. The number of nitrogen functional groups attached to an aromatic ring is 1. The predicted octanol–water partition coefficient (Wildman–Crippen LogP) is 2.09. The zero-order valence-corrected chi connectivity index (χ0v) is 10.5. The summed E-state index contributed by atoms with van der Waals surface area (Å²) in [5, 5.41) is 2.45. The molecule has 0 saturated heterocycles. The molecule has 1 amide bonds. The summed E-state index contributed by atoms with van der Waals surface area (Å²) in [7, 11) is 3.47. The molecule has 0 unspecified atom stereocenters. The zero-order valence-electron chi connectivity index (χ0n) is 9.68. The summed E-state index contributed by atoms with van der Waals surface area (Å²) in [6, 6.07) is 7.36. The molecule has 0 aliphatic rings. The molecule has 17 heavy (non-hydrogen) atoms. The van der Waals surface area contributed by atoms with Gasteiger partial charge in [-0.1, -0.05) is 12.1 Å². The fraction of sp³-hybridized carbons (Fsp3) is 0.167. The molecule has 2 N–H and O–H groups in total. The Hall–Kier alpha value is -1.88. The fourth-order valence-electron chi connectivity index (χ4n) is 1.46. The van der Waals surface area contributed by atoms with E-state index in [1.54, 1.807) is 31.1 Å². The Balaban J connectivity index is 2.27. The summed E-state index contributed by atoms with van der Waals surface area (Å²) in [4.78, 5) is 17.4. The second kappa shape index (κ2) is 4.55. The average Bonchev–Trinajstić information content (AvgIpc) is 2.75. The van der Waals surface area contributed by atoms with E-state index in [9.17, 15) is 4.79 Å². The van der Waals surface area contributed by atoms with E-state index in [1.807, 2.05) is 17.5 Å². The first-order chi connectivity index (χ1) is 8.08. The van der Waals surface area contributed by atoms with Crippen molar-refractivity contribution in [3.05, 3.63) is 35.2 Å². The van der Waals surface area contributed by atoms with E-state index in [0.717, 1.165) is 11.3 Å². The van der Waals surface area contributed by atoms with Gasteiger partial charge in [0, 0.05) is 30.6 Å². The van der Waals surface area contributed by atoms with E-state index in [0.29, 0.717) is 10.7 Å². The largest absolute Gasteiger partial charge is 0.375 e. The molecule has 0 radical (unpaired) electrons. The lowest BCUT2D eigenvalue weighted by Gasteiger charge is -2.10. The Morgan fingerprint density at radius 1 is 1.29 bits per heavy atom. The van der Waals surface area contributed by atoms with Crippen molar-refractivity contribution in [1.82, 2.24) is 9.88 Å². The molecule has 0 saturated carbocycles. The van der Waals surface area contributed by atoms with E-state index in [4.69, 9.17) is 5.73 Å². The van der Waals surface area contributed by atoms with Crippen molar-refractivity contribution in [2.75, 3.05) is 19.8 Å². The Labute approximate surface area is 104 Å². The highest BCUT2D eigenvalue weighted by Crippen LogP contribution is 2.23. The lowest BCUT2D eigenvalue weighted by atomic mass is 10.1. The van der Waals surface area contributed by atoms with Crippen LogP contribution < -0.4 is 5.73 Å². The van der Waals surface area contributed by atoms with Crippen LogP contribution in [0, 0.1) is 0 Å². The number of carbonyl (C=O) groups excluding carboxylic acids is 1. The van der Waals surface area contributed by atoms with Crippen LogP contribution in [0.3, 0.4) is 0 Å². The number of amides is 1. The second-order valence-electron chi connectivity index (χ2n) is 3.85. The molecular formula is C12H13N3OS. The monoisotopic (exact) mass is 247 g/mol. The molecular weight excluding hydrogens is 234 g/mol. The van der Waals surface area contributed by atoms with Crippen molar-refractivity contribution in [3.8, 4) is 11.3 Å². The van der Waals surface area contributed by atoms with Crippen LogP contribution in [0.2, 0.25) is 0 Å². The molecule has 5 heteroatoms. The van der Waals surface area contributed by atoms with Crippen molar-refractivity contribution in [2.45, 2.75) is 0 Å². The van der Waals surface area contributed by atoms with Crippen LogP contribution in [0.25, 0.3) is 11.3 Å². The van der Waals surface area contributed by atoms with Gasteiger partial charge in [-0.15, -0.1) is 11.3 Å². The third kappa shape index (κ3) is 2.45. The van der Waals surface area contributed by atoms with Crippen LogP contribution in [0.15, 0.2) is 29.6 Å². The molecule has 0 fully saturated rings. The highest BCUT2D eigenvalue weighted by atomic mass is 32.1. The summed E-state index contributed by atoms with van der Waals surface area (Å²) < 4.78 is 0. The Morgan fingerprint density at radius 3 is 2.41 bits per heavy atom. The van der Waals surface area contributed by atoms with Crippen molar-refractivity contribution < 1.29 is 4.79 Å². The molecule has 2 aromatic rings. The number of benzene rings is 1. The van der Waals surface area contributed by atoms with Gasteiger partial charge < -0.3 is 10.6 Å². The topological polar surface area (TPSA) is 59.2 Å². The molecule has 0 atom stereocenters. The number of hydrogen-bond donors (Lipinski definition) is 1. The van der Waals surface area contributed by atoms with Crippen LogP contribution in [-0.2, 0) is 0 Å². The maximum absolute atomic E-state index is 11.7. The third-order valence-corrected chi connectivity index (χ3v) is 3.03. The number of nitrogens with zero attached hydrogens (tertiary/aromatic N) is 2. The van der Waals surface area contributed by atoms with Crippen LogP contribution in [0.4, 0.5) is 5.13 Å². The van der Waals surface area contributed by atoms with Gasteiger partial charge in [-0.25, -0.2) is 4.98 Å². The number of anilines is 1. The average molecular weight is 247 g/mol. The normalized spacial score (nSPS) is 10.2. The third-order valence-electron chi connectivity index (χ3n) is 2.36. The number of hydrogen-bond acceptors (Lipinski definition) is 4. The SMILES string of the molecule is CN(C)C(=O)c1ccc(-c2csc(N)n2)cc1. The number of thiazole rings is 1. The van der Waals surface area contributed by atoms with E-state index in [1.165, 1.54) is 11.3 Å². The molecule has 88 valence electrons. The van der Waals surface area contributed by atoms with Gasteiger partial charge in [0.2, 0.25) is 0 Å². The summed E-state index contributed by atoms with van der Waals surface area (Å²) in [5.74, 6) is -0.00524. The van der Waals surface area contributed by atoms with Gasteiger partial charge in [0.1, 0.15) is 0 Å². The quantitative estimate of drug-likeness (QED) is 0.884. The molecule has 2 rings (SSSR count). The number of rotatable bonds is 2. The van der Waals surface area contributed by atoms with Gasteiger partial charge in [0.05, 0.1) is 5.69 Å². The smallest absolute Gasteiger partial charge is 0.253 e. The van der Waals surface area contributed by atoms with Crippen molar-refractivity contribution >= 4 is 22.4 Å². The lowest BCUT2D eigenvalue weighted by molar-refractivity contribution is 0.0827. The summed E-state index contributed by atoms with van der Waals surface area (Å²) >= 11 is 1.41. The Kier molecular flexibility index (Phi) is 3.10. The van der Waals surface area contributed by atoms with Gasteiger partial charge in [0.15, 0.2) is 5.13 Å². The Bertz CT molecular complexity index is 531. The first-order valence-electron chi connectivity index (χ1n) is 5.11. The van der Waals surface area contributed by atoms with Gasteiger partial charge in [0.25, 0.3) is 5.91 Å². The predicted molar refractivity (Wildman–Crippen MR) is 70.0 cm³/mol. The highest BCUT2D eigenvalue weighted by molar-refractivity contribution is 7.13. The maximum Gasteiger partial charge on any atom is 0.253 e. The van der Waals surface area contributed by atoms with Crippen LogP contribution in [0.1, 0.15) is 10.4 Å². The minimum Gasteiger partial charge on any atom is -0.375 e. The molecule has 0 aliphatic carbocycles. The standard InChI is InChI=1S/C12H13N3OS/c1-15(2)11(16)9-5-3-8(4-6-9)10-7-17-12(13)14-10/h3-7H,1-2H3,(H2,13,14). The van der Waals surface area contributed by atoms with Gasteiger partial charge in [-0.3, -0.25) is 4.79 Å². The molecule has 0 spiro atoms. The number of carbonyl (C=O) groups is 1. The van der Waals surface area contributed by atoms with Crippen molar-refractivity contribution in [3.63, 3.8) is 0 Å². The van der Waals surface area contributed by atoms with Crippen molar-refractivity contribution in [2.24, 2.45) is 0 Å². The van der Waals surface area contributed by atoms with Gasteiger partial charge >= 0.3 is 0 Å². The van der Waals surface area contributed by atoms with Crippen LogP contribution in [-0.4, -0.2) is 29.9 Å². The lowest BCUT2D eigenvalue weighted by Crippen LogP contribution is -2.21. The minimum absolute atomic E-state index is 0.00524. The van der Waals surface area contributed by atoms with Crippen LogP contribution in [0.5, 0.6) is 0 Å². The second-order valence-corrected chi connectivity index (χ2v) is 4.74. The zero-order chi connectivity index (χ0) is 12.4. The number of nitrogens with two attached hydrogens (primary N) is 1. The van der Waals surface area contributed by atoms with Crippen LogP contribution >= 0.6 is 11.3 Å².